The van der Waals surface area contributed by atoms with Gasteiger partial charge in [0.25, 0.3) is 5.91 Å². The first-order valence-corrected chi connectivity index (χ1v) is 7.25. The standard InChI is InChI=1S/C18H19N3O/c1-12(2)16(17-13(3)6-5-9-20-17)21-18(22)15-8-4-7-14(10-15)11-19/h4-10,12,16H,1-3H3,(H,21,22)/t16-/m0/s1. The number of carbonyl (C=O) groups is 1. The maximum Gasteiger partial charge on any atom is 0.251 e. The Balaban J connectivity index is 2.27. The van der Waals surface area contributed by atoms with Crippen molar-refractivity contribution in [2.24, 2.45) is 5.92 Å². The van der Waals surface area contributed by atoms with Crippen LogP contribution in [0.15, 0.2) is 42.6 Å². The van der Waals surface area contributed by atoms with E-state index in [1.54, 1.807) is 30.5 Å². The lowest BCUT2D eigenvalue weighted by Gasteiger charge is -2.23. The fraction of sp³-hybridized carbons (Fsp3) is 0.278. The van der Waals surface area contributed by atoms with Crippen molar-refractivity contribution in [2.75, 3.05) is 0 Å². The highest BCUT2D eigenvalue weighted by molar-refractivity contribution is 5.94. The van der Waals surface area contributed by atoms with Gasteiger partial charge in [0, 0.05) is 11.8 Å². The second-order valence-corrected chi connectivity index (χ2v) is 5.59. The fourth-order valence-corrected chi connectivity index (χ4v) is 2.33. The quantitative estimate of drug-likeness (QED) is 0.939. The Morgan fingerprint density at radius 1 is 1.27 bits per heavy atom. The van der Waals surface area contributed by atoms with Crippen LogP contribution in [-0.4, -0.2) is 10.9 Å². The normalized spacial score (nSPS) is 11.8. The van der Waals surface area contributed by atoms with Gasteiger partial charge in [-0.1, -0.05) is 26.0 Å². The maximum absolute atomic E-state index is 12.5. The zero-order valence-corrected chi connectivity index (χ0v) is 13.0. The van der Waals surface area contributed by atoms with E-state index >= 15 is 0 Å². The molecule has 1 heterocycles. The minimum atomic E-state index is -0.194. The Hall–Kier alpha value is -2.67. The van der Waals surface area contributed by atoms with Gasteiger partial charge in [0.2, 0.25) is 0 Å². The number of hydrogen-bond acceptors (Lipinski definition) is 3. The molecule has 112 valence electrons. The first kappa shape index (κ1) is 15.7. The number of carbonyl (C=O) groups excluding carboxylic acids is 1. The van der Waals surface area contributed by atoms with Gasteiger partial charge in [-0.3, -0.25) is 9.78 Å². The van der Waals surface area contributed by atoms with Crippen LogP contribution in [-0.2, 0) is 0 Å². The van der Waals surface area contributed by atoms with Gasteiger partial charge < -0.3 is 5.32 Å². The molecule has 0 unspecified atom stereocenters. The molecule has 0 bridgehead atoms. The van der Waals surface area contributed by atoms with E-state index in [4.69, 9.17) is 5.26 Å². The topological polar surface area (TPSA) is 65.8 Å². The largest absolute Gasteiger partial charge is 0.343 e. The molecule has 2 rings (SSSR count). The molecule has 1 aromatic heterocycles. The summed E-state index contributed by atoms with van der Waals surface area (Å²) in [4.78, 5) is 16.9. The van der Waals surface area contributed by atoms with E-state index in [1.165, 1.54) is 0 Å². The van der Waals surface area contributed by atoms with Crippen LogP contribution in [0.5, 0.6) is 0 Å². The monoisotopic (exact) mass is 293 g/mol. The van der Waals surface area contributed by atoms with E-state index in [0.29, 0.717) is 11.1 Å². The smallest absolute Gasteiger partial charge is 0.251 e. The van der Waals surface area contributed by atoms with E-state index in [9.17, 15) is 4.79 Å². The van der Waals surface area contributed by atoms with Gasteiger partial charge in [-0.15, -0.1) is 0 Å². The molecule has 2 aromatic rings. The third-order valence-corrected chi connectivity index (χ3v) is 3.55. The van der Waals surface area contributed by atoms with Crippen LogP contribution in [0.25, 0.3) is 0 Å². The van der Waals surface area contributed by atoms with E-state index in [1.807, 2.05) is 39.0 Å². The van der Waals surface area contributed by atoms with Crippen molar-refractivity contribution < 1.29 is 4.79 Å². The molecular weight excluding hydrogens is 274 g/mol. The Kier molecular flexibility index (Phi) is 4.90. The number of nitriles is 1. The molecule has 1 N–H and O–H groups in total. The molecule has 0 fully saturated rings. The van der Waals surface area contributed by atoms with E-state index < -0.39 is 0 Å². The van der Waals surface area contributed by atoms with Gasteiger partial charge >= 0.3 is 0 Å². The zero-order valence-electron chi connectivity index (χ0n) is 13.0. The number of rotatable bonds is 4. The molecule has 1 amide bonds. The van der Waals surface area contributed by atoms with Crippen molar-refractivity contribution in [1.29, 1.82) is 5.26 Å². The summed E-state index contributed by atoms with van der Waals surface area (Å²) in [5.41, 5.74) is 2.88. The highest BCUT2D eigenvalue weighted by Gasteiger charge is 2.21. The number of benzene rings is 1. The lowest BCUT2D eigenvalue weighted by molar-refractivity contribution is 0.0924. The number of aryl methyl sites for hydroxylation is 1. The number of nitrogens with zero attached hydrogens (tertiary/aromatic N) is 2. The molecule has 0 radical (unpaired) electrons. The predicted molar refractivity (Wildman–Crippen MR) is 85.2 cm³/mol. The lowest BCUT2D eigenvalue weighted by atomic mass is 9.96. The summed E-state index contributed by atoms with van der Waals surface area (Å²) in [6, 6.07) is 12.4. The Morgan fingerprint density at radius 3 is 2.68 bits per heavy atom. The van der Waals surface area contributed by atoms with Crippen LogP contribution in [0.2, 0.25) is 0 Å². The molecule has 0 saturated heterocycles. The van der Waals surface area contributed by atoms with Crippen LogP contribution in [0.4, 0.5) is 0 Å². The molecule has 1 atom stereocenters. The SMILES string of the molecule is Cc1cccnc1[C@@H](NC(=O)c1cccc(C#N)c1)C(C)C. The molecule has 4 heteroatoms. The van der Waals surface area contributed by atoms with Crippen molar-refractivity contribution in [3.8, 4) is 6.07 Å². The van der Waals surface area contributed by atoms with Gasteiger partial charge in [0.05, 0.1) is 23.4 Å². The number of pyridine rings is 1. The third-order valence-electron chi connectivity index (χ3n) is 3.55. The summed E-state index contributed by atoms with van der Waals surface area (Å²) in [5.74, 6) is 0.0116. The first-order chi connectivity index (χ1) is 10.5. The number of amides is 1. The molecule has 0 spiro atoms. The van der Waals surface area contributed by atoms with Crippen LogP contribution in [0.3, 0.4) is 0 Å². The van der Waals surface area contributed by atoms with Crippen molar-refractivity contribution >= 4 is 5.91 Å². The van der Waals surface area contributed by atoms with Crippen LogP contribution < -0.4 is 5.32 Å². The van der Waals surface area contributed by atoms with Crippen molar-refractivity contribution in [3.63, 3.8) is 0 Å². The number of nitrogens with one attached hydrogen (secondary N) is 1. The second kappa shape index (κ2) is 6.86. The summed E-state index contributed by atoms with van der Waals surface area (Å²) in [6.07, 6.45) is 1.74. The fourth-order valence-electron chi connectivity index (χ4n) is 2.33. The summed E-state index contributed by atoms with van der Waals surface area (Å²) in [6.45, 7) is 6.08. The summed E-state index contributed by atoms with van der Waals surface area (Å²) in [5, 5.41) is 12.0. The highest BCUT2D eigenvalue weighted by Crippen LogP contribution is 2.23. The van der Waals surface area contributed by atoms with E-state index in [0.717, 1.165) is 11.3 Å². The molecule has 22 heavy (non-hydrogen) atoms. The molecule has 4 nitrogen and oxygen atoms in total. The second-order valence-electron chi connectivity index (χ2n) is 5.59. The van der Waals surface area contributed by atoms with Crippen molar-refractivity contribution in [2.45, 2.75) is 26.8 Å². The molecule has 1 aromatic carbocycles. The van der Waals surface area contributed by atoms with Crippen molar-refractivity contribution in [1.82, 2.24) is 10.3 Å². The highest BCUT2D eigenvalue weighted by atomic mass is 16.1. The summed E-state index contributed by atoms with van der Waals surface area (Å²) < 4.78 is 0. The summed E-state index contributed by atoms with van der Waals surface area (Å²) in [7, 11) is 0. The Morgan fingerprint density at radius 2 is 2.05 bits per heavy atom. The number of aromatic nitrogens is 1. The van der Waals surface area contributed by atoms with Crippen molar-refractivity contribution in [3.05, 3.63) is 65.0 Å². The minimum absolute atomic E-state index is 0.167. The molecule has 0 saturated carbocycles. The lowest BCUT2D eigenvalue weighted by Crippen LogP contribution is -2.32. The van der Waals surface area contributed by atoms with E-state index in [-0.39, 0.29) is 17.9 Å². The molecule has 0 aliphatic carbocycles. The zero-order chi connectivity index (χ0) is 16.1. The number of hydrogen-bond donors (Lipinski definition) is 1. The molecular formula is C18H19N3O. The predicted octanol–water partition coefficient (Wildman–Crippen LogP) is 3.39. The van der Waals surface area contributed by atoms with Gasteiger partial charge in [-0.05, 0) is 42.7 Å². The van der Waals surface area contributed by atoms with Crippen LogP contribution >= 0.6 is 0 Å². The maximum atomic E-state index is 12.5. The summed E-state index contributed by atoms with van der Waals surface area (Å²) >= 11 is 0. The molecule has 0 aliphatic rings. The Labute approximate surface area is 130 Å². The Bertz CT molecular complexity index is 716. The molecule has 0 aliphatic heterocycles. The van der Waals surface area contributed by atoms with Gasteiger partial charge in [-0.25, -0.2) is 0 Å². The van der Waals surface area contributed by atoms with Gasteiger partial charge in [0.1, 0.15) is 0 Å². The average Bonchev–Trinajstić information content (AvgIpc) is 2.53. The van der Waals surface area contributed by atoms with Crippen LogP contribution in [0, 0.1) is 24.2 Å². The van der Waals surface area contributed by atoms with Gasteiger partial charge in [-0.2, -0.15) is 5.26 Å². The third kappa shape index (κ3) is 3.50. The minimum Gasteiger partial charge on any atom is -0.343 e. The van der Waals surface area contributed by atoms with E-state index in [2.05, 4.69) is 10.3 Å². The van der Waals surface area contributed by atoms with Crippen LogP contribution in [0.1, 0.15) is 47.1 Å². The first-order valence-electron chi connectivity index (χ1n) is 7.25. The van der Waals surface area contributed by atoms with Gasteiger partial charge in [0.15, 0.2) is 0 Å². The average molecular weight is 293 g/mol.